The van der Waals surface area contributed by atoms with E-state index in [1.54, 1.807) is 20.4 Å². The Hall–Kier alpha value is -2.31. The van der Waals surface area contributed by atoms with E-state index in [-0.39, 0.29) is 12.9 Å². The summed E-state index contributed by atoms with van der Waals surface area (Å²) in [5.41, 5.74) is 1.89. The maximum absolute atomic E-state index is 5.85. The van der Waals surface area contributed by atoms with Crippen LogP contribution in [0.3, 0.4) is 0 Å². The van der Waals surface area contributed by atoms with E-state index in [1.807, 2.05) is 30.3 Å². The van der Waals surface area contributed by atoms with Gasteiger partial charge in [-0.1, -0.05) is 6.07 Å². The Labute approximate surface area is 134 Å². The van der Waals surface area contributed by atoms with Gasteiger partial charge in [-0.05, 0) is 29.8 Å². The minimum absolute atomic E-state index is 0.179. The van der Waals surface area contributed by atoms with Crippen LogP contribution in [0.2, 0.25) is 0 Å². The Morgan fingerprint density at radius 2 is 2.00 bits per heavy atom. The van der Waals surface area contributed by atoms with Gasteiger partial charge in [0.25, 0.3) is 0 Å². The molecule has 1 unspecified atom stereocenters. The van der Waals surface area contributed by atoms with Gasteiger partial charge in [0.2, 0.25) is 0 Å². The topological polar surface area (TPSA) is 62.3 Å². The molecule has 0 radical (unpaired) electrons. The number of hydrogen-bond acceptors (Lipinski definition) is 6. The number of ether oxygens (including phenoxy) is 5. The molecule has 1 aliphatic rings. The van der Waals surface area contributed by atoms with Crippen molar-refractivity contribution in [2.24, 2.45) is 0 Å². The molecular weight excluding hydrogens is 298 g/mol. The summed E-state index contributed by atoms with van der Waals surface area (Å²) < 4.78 is 26.6. The van der Waals surface area contributed by atoms with Gasteiger partial charge in [0.1, 0.15) is 18.5 Å². The lowest BCUT2D eigenvalue weighted by molar-refractivity contribution is 0.0508. The Bertz CT molecular complexity index is 640. The number of epoxide rings is 1. The van der Waals surface area contributed by atoms with Gasteiger partial charge in [-0.25, -0.2) is 0 Å². The van der Waals surface area contributed by atoms with Crippen LogP contribution in [0.5, 0.6) is 17.2 Å². The molecule has 1 aromatic heterocycles. The fraction of sp³-hybridized carbons (Fsp3) is 0.353. The predicted molar refractivity (Wildman–Crippen MR) is 82.8 cm³/mol. The second-order valence-corrected chi connectivity index (χ2v) is 5.06. The Morgan fingerprint density at radius 1 is 1.13 bits per heavy atom. The van der Waals surface area contributed by atoms with E-state index in [9.17, 15) is 0 Å². The average Bonchev–Trinajstić information content (AvgIpc) is 3.44. The number of pyridine rings is 1. The number of methoxy groups -OCH3 is 2. The minimum atomic E-state index is 0.179. The SMILES string of the molecule is COCOc1ccc(COc2cc(C3CO3)ccc2OC)nc1. The summed E-state index contributed by atoms with van der Waals surface area (Å²) >= 11 is 0. The van der Waals surface area contributed by atoms with Gasteiger partial charge in [0, 0.05) is 7.11 Å². The summed E-state index contributed by atoms with van der Waals surface area (Å²) in [6, 6.07) is 9.51. The van der Waals surface area contributed by atoms with Crippen LogP contribution in [0, 0.1) is 0 Å². The smallest absolute Gasteiger partial charge is 0.188 e. The van der Waals surface area contributed by atoms with Gasteiger partial charge in [-0.3, -0.25) is 4.98 Å². The van der Waals surface area contributed by atoms with Gasteiger partial charge >= 0.3 is 0 Å². The first-order chi connectivity index (χ1) is 11.3. The van der Waals surface area contributed by atoms with Crippen LogP contribution in [-0.2, 0) is 16.1 Å². The summed E-state index contributed by atoms with van der Waals surface area (Å²) in [6.45, 7) is 1.30. The van der Waals surface area contributed by atoms with Gasteiger partial charge in [0.05, 0.1) is 25.6 Å². The lowest BCUT2D eigenvalue weighted by Crippen LogP contribution is -2.02. The highest BCUT2D eigenvalue weighted by atomic mass is 16.7. The lowest BCUT2D eigenvalue weighted by Gasteiger charge is -2.12. The van der Waals surface area contributed by atoms with Crippen LogP contribution in [0.1, 0.15) is 17.4 Å². The van der Waals surface area contributed by atoms with E-state index in [0.717, 1.165) is 17.9 Å². The molecule has 3 rings (SSSR count). The zero-order valence-electron chi connectivity index (χ0n) is 13.2. The summed E-state index contributed by atoms with van der Waals surface area (Å²) in [7, 11) is 3.19. The van der Waals surface area contributed by atoms with Gasteiger partial charge in [-0.2, -0.15) is 0 Å². The fourth-order valence-electron chi connectivity index (χ4n) is 2.11. The second kappa shape index (κ2) is 7.30. The number of rotatable bonds is 8. The average molecular weight is 317 g/mol. The van der Waals surface area contributed by atoms with Crippen LogP contribution in [0.15, 0.2) is 36.5 Å². The van der Waals surface area contributed by atoms with Gasteiger partial charge < -0.3 is 23.7 Å². The van der Waals surface area contributed by atoms with Crippen molar-refractivity contribution in [2.45, 2.75) is 12.7 Å². The van der Waals surface area contributed by atoms with Crippen molar-refractivity contribution in [3.63, 3.8) is 0 Å². The molecule has 1 aliphatic heterocycles. The summed E-state index contributed by atoms with van der Waals surface area (Å²) in [6.07, 6.45) is 1.82. The largest absolute Gasteiger partial charge is 0.493 e. The highest BCUT2D eigenvalue weighted by Gasteiger charge is 2.25. The summed E-state index contributed by atoms with van der Waals surface area (Å²) in [4.78, 5) is 4.30. The Morgan fingerprint density at radius 3 is 2.65 bits per heavy atom. The molecule has 0 aliphatic carbocycles. The molecule has 2 heterocycles. The number of hydrogen-bond donors (Lipinski definition) is 0. The van der Waals surface area contributed by atoms with Crippen molar-refractivity contribution in [3.8, 4) is 17.2 Å². The molecule has 23 heavy (non-hydrogen) atoms. The third kappa shape index (κ3) is 4.12. The first kappa shape index (κ1) is 15.6. The van der Waals surface area contributed by atoms with E-state index in [0.29, 0.717) is 23.9 Å². The zero-order chi connectivity index (χ0) is 16.1. The maximum Gasteiger partial charge on any atom is 0.188 e. The molecule has 1 saturated heterocycles. The standard InChI is InChI=1S/C17H19NO5/c1-19-11-23-14-5-4-13(18-8-14)9-21-16-7-12(17-10-22-17)3-6-15(16)20-2/h3-8,17H,9-11H2,1-2H3. The molecule has 0 amide bonds. The van der Waals surface area contributed by atoms with Crippen molar-refractivity contribution in [1.29, 1.82) is 0 Å². The number of nitrogens with zero attached hydrogens (tertiary/aromatic N) is 1. The first-order valence-electron chi connectivity index (χ1n) is 7.29. The molecule has 6 nitrogen and oxygen atoms in total. The molecule has 6 heteroatoms. The molecule has 0 saturated carbocycles. The van der Waals surface area contributed by atoms with Crippen LogP contribution in [-0.4, -0.2) is 32.6 Å². The highest BCUT2D eigenvalue weighted by molar-refractivity contribution is 5.44. The van der Waals surface area contributed by atoms with Crippen LogP contribution in [0.25, 0.3) is 0 Å². The van der Waals surface area contributed by atoms with Crippen molar-refractivity contribution < 1.29 is 23.7 Å². The van der Waals surface area contributed by atoms with E-state index in [1.165, 1.54) is 0 Å². The van der Waals surface area contributed by atoms with Crippen LogP contribution in [0.4, 0.5) is 0 Å². The van der Waals surface area contributed by atoms with Gasteiger partial charge in [0.15, 0.2) is 18.3 Å². The first-order valence-corrected chi connectivity index (χ1v) is 7.29. The lowest BCUT2D eigenvalue weighted by atomic mass is 10.1. The molecule has 0 N–H and O–H groups in total. The number of aromatic nitrogens is 1. The van der Waals surface area contributed by atoms with Crippen LogP contribution >= 0.6 is 0 Å². The normalized spacial score (nSPS) is 16.0. The molecule has 0 bridgehead atoms. The molecule has 1 fully saturated rings. The molecule has 1 aromatic carbocycles. The monoisotopic (exact) mass is 317 g/mol. The highest BCUT2D eigenvalue weighted by Crippen LogP contribution is 2.36. The number of benzene rings is 1. The van der Waals surface area contributed by atoms with E-state index in [2.05, 4.69) is 4.98 Å². The zero-order valence-corrected chi connectivity index (χ0v) is 13.2. The Kier molecular flexibility index (Phi) is 4.95. The van der Waals surface area contributed by atoms with Crippen molar-refractivity contribution in [1.82, 2.24) is 4.98 Å². The van der Waals surface area contributed by atoms with Crippen molar-refractivity contribution >= 4 is 0 Å². The molecule has 122 valence electrons. The van der Waals surface area contributed by atoms with E-state index < -0.39 is 0 Å². The third-order valence-corrected chi connectivity index (χ3v) is 3.41. The van der Waals surface area contributed by atoms with Crippen molar-refractivity contribution in [3.05, 3.63) is 47.8 Å². The quantitative estimate of drug-likeness (QED) is 0.551. The molecule has 0 spiro atoms. The summed E-state index contributed by atoms with van der Waals surface area (Å²) in [5, 5.41) is 0. The molecule has 1 atom stereocenters. The molecular formula is C17H19NO5. The molecule has 2 aromatic rings. The third-order valence-electron chi connectivity index (χ3n) is 3.41. The fourth-order valence-corrected chi connectivity index (χ4v) is 2.11. The second-order valence-electron chi connectivity index (χ2n) is 5.06. The van der Waals surface area contributed by atoms with E-state index >= 15 is 0 Å². The van der Waals surface area contributed by atoms with Gasteiger partial charge in [-0.15, -0.1) is 0 Å². The summed E-state index contributed by atoms with van der Waals surface area (Å²) in [5.74, 6) is 2.03. The Balaban J connectivity index is 1.64. The van der Waals surface area contributed by atoms with Crippen molar-refractivity contribution in [2.75, 3.05) is 27.6 Å². The maximum atomic E-state index is 5.85. The minimum Gasteiger partial charge on any atom is -0.493 e. The van der Waals surface area contributed by atoms with E-state index in [4.69, 9.17) is 23.7 Å². The van der Waals surface area contributed by atoms with Crippen LogP contribution < -0.4 is 14.2 Å². The predicted octanol–water partition coefficient (Wildman–Crippen LogP) is 2.72.